The van der Waals surface area contributed by atoms with Gasteiger partial charge in [-0.2, -0.15) is 0 Å². The van der Waals surface area contributed by atoms with Gasteiger partial charge in [0.25, 0.3) is 5.91 Å². The number of carbonyl (C=O) groups is 1. The third kappa shape index (κ3) is 2.76. The maximum atomic E-state index is 13.4. The predicted molar refractivity (Wildman–Crippen MR) is 65.4 cm³/mol. The summed E-state index contributed by atoms with van der Waals surface area (Å²) in [6, 6.07) is 7.11. The zero-order valence-electron chi connectivity index (χ0n) is 10.0. The fourth-order valence-corrected chi connectivity index (χ4v) is 1.64. The van der Waals surface area contributed by atoms with E-state index >= 15 is 0 Å². The molecule has 1 amide bonds. The molecule has 0 atom stereocenters. The summed E-state index contributed by atoms with van der Waals surface area (Å²) in [5.74, 6) is -3.53. The van der Waals surface area contributed by atoms with Crippen molar-refractivity contribution in [3.8, 4) is 0 Å². The highest BCUT2D eigenvalue weighted by Crippen LogP contribution is 2.18. The predicted octanol–water partition coefficient (Wildman–Crippen LogP) is 3.66. The molecule has 0 fully saturated rings. The average Bonchev–Trinajstić information content (AvgIpc) is 2.36. The van der Waals surface area contributed by atoms with E-state index in [1.54, 1.807) is 6.92 Å². The van der Waals surface area contributed by atoms with Crippen molar-refractivity contribution < 1.29 is 18.0 Å². The molecule has 0 saturated heterocycles. The molecule has 1 N–H and O–H groups in total. The number of carbonyl (C=O) groups excluding carboxylic acids is 1. The van der Waals surface area contributed by atoms with E-state index in [0.717, 1.165) is 6.07 Å². The summed E-state index contributed by atoms with van der Waals surface area (Å²) in [7, 11) is 0. The van der Waals surface area contributed by atoms with Gasteiger partial charge in [0.1, 0.15) is 5.82 Å². The fourth-order valence-electron chi connectivity index (χ4n) is 1.64. The number of nitrogens with one attached hydrogen (secondary N) is 1. The number of hydrogen-bond donors (Lipinski definition) is 1. The van der Waals surface area contributed by atoms with Gasteiger partial charge in [0.05, 0.1) is 5.56 Å². The van der Waals surface area contributed by atoms with Crippen LogP contribution in [0, 0.1) is 24.4 Å². The van der Waals surface area contributed by atoms with Crippen LogP contribution in [-0.2, 0) is 0 Å². The molecule has 0 aliphatic rings. The minimum Gasteiger partial charge on any atom is -0.322 e. The minimum absolute atomic E-state index is 0.343. The molecule has 0 unspecified atom stereocenters. The van der Waals surface area contributed by atoms with Gasteiger partial charge < -0.3 is 5.32 Å². The van der Waals surface area contributed by atoms with E-state index in [1.807, 2.05) is 0 Å². The van der Waals surface area contributed by atoms with Crippen LogP contribution in [0.1, 0.15) is 15.9 Å². The maximum absolute atomic E-state index is 13.4. The smallest absolute Gasteiger partial charge is 0.258 e. The Morgan fingerprint density at radius 2 is 1.84 bits per heavy atom. The largest absolute Gasteiger partial charge is 0.322 e. The first-order valence-electron chi connectivity index (χ1n) is 5.50. The number of halogens is 3. The van der Waals surface area contributed by atoms with Gasteiger partial charge in [0.2, 0.25) is 0 Å². The summed E-state index contributed by atoms with van der Waals surface area (Å²) in [5.41, 5.74) is 0.434. The monoisotopic (exact) mass is 265 g/mol. The number of hydrogen-bond acceptors (Lipinski definition) is 1. The van der Waals surface area contributed by atoms with Crippen molar-refractivity contribution in [2.75, 3.05) is 5.32 Å². The maximum Gasteiger partial charge on any atom is 0.258 e. The summed E-state index contributed by atoms with van der Waals surface area (Å²) in [6.07, 6.45) is 0. The number of amides is 1. The van der Waals surface area contributed by atoms with E-state index < -0.39 is 28.9 Å². The van der Waals surface area contributed by atoms with Crippen molar-refractivity contribution in [3.05, 3.63) is 65.0 Å². The van der Waals surface area contributed by atoms with E-state index in [-0.39, 0.29) is 0 Å². The summed E-state index contributed by atoms with van der Waals surface area (Å²) in [5, 5.41) is 2.41. The van der Waals surface area contributed by atoms with Gasteiger partial charge >= 0.3 is 0 Å². The Morgan fingerprint density at radius 3 is 2.53 bits per heavy atom. The van der Waals surface area contributed by atoms with E-state index in [1.165, 1.54) is 30.3 Å². The zero-order valence-corrected chi connectivity index (χ0v) is 10.0. The van der Waals surface area contributed by atoms with Gasteiger partial charge in [-0.3, -0.25) is 4.79 Å². The van der Waals surface area contributed by atoms with Crippen LogP contribution in [-0.4, -0.2) is 5.91 Å². The first kappa shape index (κ1) is 13.1. The second-order valence-electron chi connectivity index (χ2n) is 4.01. The number of anilines is 1. The van der Waals surface area contributed by atoms with Gasteiger partial charge in [-0.15, -0.1) is 0 Å². The Balaban J connectivity index is 2.28. The van der Waals surface area contributed by atoms with Crippen molar-refractivity contribution in [2.45, 2.75) is 6.92 Å². The Bertz CT molecular complexity index is 641. The molecule has 19 heavy (non-hydrogen) atoms. The molecule has 98 valence electrons. The van der Waals surface area contributed by atoms with Crippen molar-refractivity contribution in [1.82, 2.24) is 0 Å². The molecular formula is C14H10F3NO. The van der Waals surface area contributed by atoms with Gasteiger partial charge in [-0.25, -0.2) is 13.2 Å². The lowest BCUT2D eigenvalue weighted by atomic mass is 10.1. The summed E-state index contributed by atoms with van der Waals surface area (Å²) >= 11 is 0. The summed E-state index contributed by atoms with van der Waals surface area (Å²) in [6.45, 7) is 1.60. The Labute approximate surface area is 107 Å². The Hall–Kier alpha value is -2.30. The molecule has 2 rings (SSSR count). The SMILES string of the molecule is Cc1cc(F)ccc1NC(=O)c1cccc(F)c1F. The summed E-state index contributed by atoms with van der Waals surface area (Å²) < 4.78 is 39.3. The van der Waals surface area contributed by atoms with Crippen LogP contribution < -0.4 is 5.32 Å². The van der Waals surface area contributed by atoms with E-state index in [0.29, 0.717) is 11.3 Å². The van der Waals surface area contributed by atoms with Crippen LogP contribution in [0.3, 0.4) is 0 Å². The lowest BCUT2D eigenvalue weighted by molar-refractivity contribution is 0.102. The number of benzene rings is 2. The highest BCUT2D eigenvalue weighted by molar-refractivity contribution is 6.04. The molecule has 0 aromatic heterocycles. The van der Waals surface area contributed by atoms with Crippen LogP contribution in [0.4, 0.5) is 18.9 Å². The van der Waals surface area contributed by atoms with E-state index in [9.17, 15) is 18.0 Å². The molecule has 0 aliphatic carbocycles. The molecule has 0 aliphatic heterocycles. The lowest BCUT2D eigenvalue weighted by Crippen LogP contribution is -2.15. The van der Waals surface area contributed by atoms with Crippen LogP contribution in [0.25, 0.3) is 0 Å². The molecule has 0 radical (unpaired) electrons. The highest BCUT2D eigenvalue weighted by Gasteiger charge is 2.15. The van der Waals surface area contributed by atoms with Crippen LogP contribution in [0.2, 0.25) is 0 Å². The first-order chi connectivity index (χ1) is 8.99. The van der Waals surface area contributed by atoms with Gasteiger partial charge in [0.15, 0.2) is 11.6 Å². The topological polar surface area (TPSA) is 29.1 Å². The molecule has 0 heterocycles. The van der Waals surface area contributed by atoms with Crippen LogP contribution in [0.15, 0.2) is 36.4 Å². The molecule has 2 nitrogen and oxygen atoms in total. The second-order valence-corrected chi connectivity index (χ2v) is 4.01. The van der Waals surface area contributed by atoms with Crippen molar-refractivity contribution >= 4 is 11.6 Å². The quantitative estimate of drug-likeness (QED) is 0.882. The number of rotatable bonds is 2. The Morgan fingerprint density at radius 1 is 1.11 bits per heavy atom. The van der Waals surface area contributed by atoms with Crippen LogP contribution in [0.5, 0.6) is 0 Å². The average molecular weight is 265 g/mol. The van der Waals surface area contributed by atoms with Gasteiger partial charge in [-0.05, 0) is 42.8 Å². The van der Waals surface area contributed by atoms with Crippen molar-refractivity contribution in [1.29, 1.82) is 0 Å². The number of aryl methyl sites for hydroxylation is 1. The molecule has 0 saturated carbocycles. The van der Waals surface area contributed by atoms with E-state index in [2.05, 4.69) is 5.32 Å². The molecule has 0 bridgehead atoms. The zero-order chi connectivity index (χ0) is 14.0. The molecule has 5 heteroatoms. The standard InChI is InChI=1S/C14H10F3NO/c1-8-7-9(15)5-6-12(8)18-14(19)10-3-2-4-11(16)13(10)17/h2-7H,1H3,(H,18,19). The van der Waals surface area contributed by atoms with Gasteiger partial charge in [0, 0.05) is 5.69 Å². The van der Waals surface area contributed by atoms with Crippen LogP contribution >= 0.6 is 0 Å². The molecule has 0 spiro atoms. The van der Waals surface area contributed by atoms with Crippen molar-refractivity contribution in [2.24, 2.45) is 0 Å². The molecule has 2 aromatic carbocycles. The van der Waals surface area contributed by atoms with Gasteiger partial charge in [-0.1, -0.05) is 6.07 Å². The fraction of sp³-hybridized carbons (Fsp3) is 0.0714. The van der Waals surface area contributed by atoms with E-state index in [4.69, 9.17) is 0 Å². The molecule has 2 aromatic rings. The second kappa shape index (κ2) is 5.14. The third-order valence-electron chi connectivity index (χ3n) is 2.63. The molecular weight excluding hydrogens is 255 g/mol. The first-order valence-corrected chi connectivity index (χ1v) is 5.50. The normalized spacial score (nSPS) is 10.3. The minimum atomic E-state index is -1.21. The third-order valence-corrected chi connectivity index (χ3v) is 2.63. The Kier molecular flexibility index (Phi) is 3.55. The summed E-state index contributed by atoms with van der Waals surface area (Å²) in [4.78, 5) is 11.8. The highest BCUT2D eigenvalue weighted by atomic mass is 19.2. The lowest BCUT2D eigenvalue weighted by Gasteiger charge is -2.09. The van der Waals surface area contributed by atoms with Crippen molar-refractivity contribution in [3.63, 3.8) is 0 Å².